The van der Waals surface area contributed by atoms with Crippen molar-refractivity contribution in [3.05, 3.63) is 175 Å². The van der Waals surface area contributed by atoms with Gasteiger partial charge in [0.15, 0.2) is 0 Å². The normalized spacial score (nSPS) is 15.4. The van der Waals surface area contributed by atoms with Crippen LogP contribution < -0.4 is 20.4 Å². The number of nitriles is 1. The largest absolute Gasteiger partial charge is 0.433 e. The molecule has 3 unspecified atom stereocenters. The van der Waals surface area contributed by atoms with Crippen molar-refractivity contribution in [1.82, 2.24) is 15.0 Å². The Morgan fingerprint density at radius 1 is 0.479 bits per heavy atom. The molecule has 3 aromatic carbocycles. The van der Waals surface area contributed by atoms with Gasteiger partial charge >= 0.3 is 18.5 Å². The number of ketones is 3. The van der Waals surface area contributed by atoms with Crippen LogP contribution in [-0.2, 0) is 75.0 Å². The molecular formula is C71H83F9N8O5S. The molecule has 0 radical (unpaired) electrons. The summed E-state index contributed by atoms with van der Waals surface area (Å²) in [6.07, 6.45) is -4.61. The van der Waals surface area contributed by atoms with E-state index in [-0.39, 0.29) is 60.1 Å². The molecular weight excluding hydrogens is 1250 g/mol. The molecule has 3 saturated heterocycles. The fourth-order valence-corrected chi connectivity index (χ4v) is 12.5. The summed E-state index contributed by atoms with van der Waals surface area (Å²) in [4.78, 5) is 55.9. The lowest BCUT2D eigenvalue weighted by atomic mass is 9.90. The van der Waals surface area contributed by atoms with Crippen LogP contribution in [0.25, 0.3) is 0 Å². The van der Waals surface area contributed by atoms with E-state index in [0.717, 1.165) is 101 Å². The Labute approximate surface area is 545 Å². The fourth-order valence-electron chi connectivity index (χ4n) is 11.9. The minimum atomic E-state index is -4.51. The lowest BCUT2D eigenvalue weighted by Gasteiger charge is -2.22. The predicted octanol–water partition coefficient (Wildman–Crippen LogP) is 14.9. The molecule has 506 valence electrons. The highest BCUT2D eigenvalue weighted by Gasteiger charge is 2.37. The zero-order valence-electron chi connectivity index (χ0n) is 54.3. The number of rotatable bonds is 22. The molecule has 0 amide bonds. The second kappa shape index (κ2) is 32.1. The monoisotopic (exact) mass is 1330 g/mol. The first-order valence-corrected chi connectivity index (χ1v) is 33.9. The summed E-state index contributed by atoms with van der Waals surface area (Å²) in [5.41, 5.74) is 13.0. The smallest absolute Gasteiger partial charge is 0.356 e. The minimum Gasteiger partial charge on any atom is -0.356 e. The lowest BCUT2D eigenvalue weighted by Crippen LogP contribution is -2.23. The second-order valence-electron chi connectivity index (χ2n) is 24.8. The van der Waals surface area contributed by atoms with Gasteiger partial charge in [-0.1, -0.05) is 87.5 Å². The molecule has 6 heterocycles. The van der Waals surface area contributed by atoms with E-state index < -0.39 is 45.4 Å². The van der Waals surface area contributed by atoms with Gasteiger partial charge in [-0.3, -0.25) is 14.4 Å². The van der Waals surface area contributed by atoms with Crippen LogP contribution in [-0.4, -0.2) is 92.0 Å². The Kier molecular flexibility index (Phi) is 25.2. The number of Topliss-reactive ketones (excluding diaryl/α,β-unsaturated/α-hetero) is 3. The first-order valence-electron chi connectivity index (χ1n) is 31.9. The van der Waals surface area contributed by atoms with E-state index in [9.17, 15) is 62.3 Å². The van der Waals surface area contributed by atoms with Crippen LogP contribution in [0.4, 0.5) is 57.0 Å². The SMILES string of the molecule is Cc1cc(C(C)C(=O)CCc2ccc(C(F)(F)F)nc2N2CCCC2)ccc1C#N.Cc1cc(C(C)C(=O)CCc2ccc(C(F)(F)F)nc2N2CCCC2)ccc1CCS(C)(=O)=O.Cc1cc(C(C)C(=O)CCc2ccc(C(F)(F)F)nc2N2CCCC2)ccc1CN. The first kappa shape index (κ1) is 73.7. The van der Waals surface area contributed by atoms with Crippen LogP contribution in [0, 0.1) is 32.1 Å². The molecule has 0 saturated carbocycles. The summed E-state index contributed by atoms with van der Waals surface area (Å²) >= 11 is 0. The lowest BCUT2D eigenvalue weighted by molar-refractivity contribution is -0.141. The number of sulfone groups is 1. The van der Waals surface area contributed by atoms with Crippen LogP contribution in [0.2, 0.25) is 0 Å². The maximum atomic E-state index is 13.2. The number of alkyl halides is 9. The van der Waals surface area contributed by atoms with Gasteiger partial charge in [0.2, 0.25) is 0 Å². The Morgan fingerprint density at radius 2 is 0.777 bits per heavy atom. The summed E-state index contributed by atoms with van der Waals surface area (Å²) in [6.45, 7) is 15.7. The number of nitrogens with zero attached hydrogens (tertiary/aromatic N) is 7. The Bertz CT molecular complexity index is 3790. The van der Waals surface area contributed by atoms with Crippen molar-refractivity contribution in [2.24, 2.45) is 5.73 Å². The summed E-state index contributed by atoms with van der Waals surface area (Å²) in [6, 6.07) is 26.3. The minimum absolute atomic E-state index is 0.00411. The molecule has 23 heteroatoms. The number of aryl methyl sites for hydroxylation is 7. The fraction of sp³-hybridized carbons (Fsp3) is 0.479. The number of anilines is 3. The molecule has 0 spiro atoms. The van der Waals surface area contributed by atoms with Gasteiger partial charge in [0, 0.05) is 89.1 Å². The van der Waals surface area contributed by atoms with Crippen molar-refractivity contribution in [3.8, 4) is 6.07 Å². The van der Waals surface area contributed by atoms with Gasteiger partial charge in [0.1, 0.15) is 61.7 Å². The highest BCUT2D eigenvalue weighted by molar-refractivity contribution is 7.90. The molecule has 3 aliphatic rings. The molecule has 3 atom stereocenters. The Balaban J connectivity index is 0.000000200. The van der Waals surface area contributed by atoms with Crippen molar-refractivity contribution in [2.45, 2.75) is 168 Å². The second-order valence-corrected chi connectivity index (χ2v) is 27.1. The molecule has 94 heavy (non-hydrogen) atoms. The summed E-state index contributed by atoms with van der Waals surface area (Å²) in [5, 5.41) is 9.06. The predicted molar refractivity (Wildman–Crippen MR) is 347 cm³/mol. The number of nitrogens with two attached hydrogens (primary N) is 1. The van der Waals surface area contributed by atoms with Gasteiger partial charge in [0.05, 0.1) is 17.4 Å². The third kappa shape index (κ3) is 20.2. The van der Waals surface area contributed by atoms with Gasteiger partial charge < -0.3 is 20.4 Å². The molecule has 3 fully saturated rings. The number of carbonyl (C=O) groups excluding carboxylic acids is 3. The highest BCUT2D eigenvalue weighted by Crippen LogP contribution is 2.37. The first-order chi connectivity index (χ1) is 44.3. The van der Waals surface area contributed by atoms with E-state index in [4.69, 9.17) is 11.0 Å². The molecule has 6 aromatic rings. The summed E-state index contributed by atoms with van der Waals surface area (Å²) < 4.78 is 141. The highest BCUT2D eigenvalue weighted by atomic mass is 32.2. The van der Waals surface area contributed by atoms with E-state index in [1.54, 1.807) is 12.1 Å². The van der Waals surface area contributed by atoms with Crippen molar-refractivity contribution >= 4 is 44.6 Å². The number of hydrogen-bond donors (Lipinski definition) is 1. The molecule has 2 N–H and O–H groups in total. The van der Waals surface area contributed by atoms with Gasteiger partial charge in [-0.2, -0.15) is 44.8 Å². The number of benzene rings is 3. The summed E-state index contributed by atoms with van der Waals surface area (Å²) in [5.74, 6) is 0.163. The van der Waals surface area contributed by atoms with Gasteiger partial charge in [0.25, 0.3) is 0 Å². The zero-order valence-corrected chi connectivity index (χ0v) is 55.1. The topological polar surface area (TPSA) is 184 Å². The maximum Gasteiger partial charge on any atom is 0.433 e. The maximum absolute atomic E-state index is 13.2. The van der Waals surface area contributed by atoms with E-state index in [0.29, 0.717) is 111 Å². The number of pyridine rings is 3. The zero-order chi connectivity index (χ0) is 68.9. The molecule has 3 aliphatic heterocycles. The van der Waals surface area contributed by atoms with Crippen molar-refractivity contribution in [2.75, 3.05) is 66.0 Å². The van der Waals surface area contributed by atoms with Gasteiger partial charge in [-0.15, -0.1) is 0 Å². The molecule has 0 aliphatic carbocycles. The van der Waals surface area contributed by atoms with Crippen molar-refractivity contribution in [3.63, 3.8) is 0 Å². The van der Waals surface area contributed by atoms with E-state index in [2.05, 4.69) is 21.0 Å². The molecule has 9 rings (SSSR count). The van der Waals surface area contributed by atoms with Crippen LogP contribution in [0.5, 0.6) is 0 Å². The van der Waals surface area contributed by atoms with Gasteiger partial charge in [-0.25, -0.2) is 23.4 Å². The average molecular weight is 1330 g/mol. The van der Waals surface area contributed by atoms with Gasteiger partial charge in [-0.05, 0) is 170 Å². The summed E-state index contributed by atoms with van der Waals surface area (Å²) in [7, 11) is -3.06. The molecule has 0 bridgehead atoms. The average Bonchev–Trinajstić information content (AvgIpc) is 1.50. The Hall–Kier alpha value is -7.71. The third-order valence-electron chi connectivity index (χ3n) is 17.9. The molecule has 3 aromatic heterocycles. The standard InChI is InChI=1S/C25H31F3N2O3S.C23H28F3N3O.C23H24F3N3O/c1-17-16-21(7-6-19(17)12-15-34(3,32)33)18(2)22(31)10-8-20-9-11-23(25(26,27)28)29-24(20)30-13-4-5-14-30;2*1-15-13-18(5-6-19(15)14-27)16(2)20(30)9-7-17-8-10-21(23(24,25)26)28-22(17)29-11-3-4-12-29/h6-7,9,11,16,18H,4-5,8,10,12-15H2,1-3H3;5-6,8,10,13,16H,3-4,7,9,11-12,14,27H2,1-2H3;5-6,8,10,13,16H,3-4,7,9,11-12H2,1-2H3. The van der Waals surface area contributed by atoms with Crippen molar-refractivity contribution in [1.29, 1.82) is 5.26 Å². The van der Waals surface area contributed by atoms with Crippen molar-refractivity contribution < 1.29 is 62.3 Å². The number of halogens is 9. The van der Waals surface area contributed by atoms with E-state index in [1.807, 2.05) is 98.7 Å². The number of aromatic nitrogens is 3. The van der Waals surface area contributed by atoms with E-state index >= 15 is 0 Å². The van der Waals surface area contributed by atoms with E-state index in [1.165, 1.54) is 24.5 Å². The van der Waals surface area contributed by atoms with Crippen LogP contribution in [0.1, 0.15) is 180 Å². The third-order valence-corrected chi connectivity index (χ3v) is 18.8. The number of carbonyl (C=O) groups is 3. The number of hydrogen-bond acceptors (Lipinski definition) is 13. The van der Waals surface area contributed by atoms with Crippen LogP contribution >= 0.6 is 0 Å². The quantitative estimate of drug-likeness (QED) is 0.0634. The van der Waals surface area contributed by atoms with Crippen LogP contribution in [0.3, 0.4) is 0 Å². The van der Waals surface area contributed by atoms with Crippen LogP contribution in [0.15, 0.2) is 91.0 Å². The molecule has 13 nitrogen and oxygen atoms in total. The Morgan fingerprint density at radius 3 is 1.05 bits per heavy atom.